The molecule has 0 saturated carbocycles. The lowest BCUT2D eigenvalue weighted by molar-refractivity contribution is 0.606. The fourth-order valence-corrected chi connectivity index (χ4v) is 1.62. The molecule has 0 aliphatic rings. The summed E-state index contributed by atoms with van der Waals surface area (Å²) in [7, 11) is 0. The number of hydrogen-bond acceptors (Lipinski definition) is 4. The Balaban J connectivity index is 2.51. The topological polar surface area (TPSA) is 50.7 Å². The van der Waals surface area contributed by atoms with E-state index in [0.717, 1.165) is 5.56 Å². The van der Waals surface area contributed by atoms with Crippen molar-refractivity contribution in [1.82, 2.24) is 15.0 Å². The van der Waals surface area contributed by atoms with E-state index < -0.39 is 5.82 Å². The van der Waals surface area contributed by atoms with Crippen molar-refractivity contribution in [2.24, 2.45) is 0 Å². The first-order valence-electron chi connectivity index (χ1n) is 5.83. The highest BCUT2D eigenvalue weighted by molar-refractivity contribution is 5.54. The maximum Gasteiger partial charge on any atom is 0.186 e. The van der Waals surface area contributed by atoms with Crippen LogP contribution in [0.4, 0.5) is 10.2 Å². The molecule has 4 nitrogen and oxygen atoms in total. The van der Waals surface area contributed by atoms with Crippen molar-refractivity contribution >= 4 is 5.82 Å². The van der Waals surface area contributed by atoms with Gasteiger partial charge in [0.05, 0.1) is 5.69 Å². The molecule has 0 aromatic carbocycles. The summed E-state index contributed by atoms with van der Waals surface area (Å²) in [5.74, 6) is 0.255. The van der Waals surface area contributed by atoms with Crippen LogP contribution in [0, 0.1) is 19.7 Å². The third kappa shape index (κ3) is 2.45. The summed E-state index contributed by atoms with van der Waals surface area (Å²) in [4.78, 5) is 12.5. The van der Waals surface area contributed by atoms with Crippen LogP contribution in [0.25, 0.3) is 11.5 Å². The summed E-state index contributed by atoms with van der Waals surface area (Å²) in [5.41, 5.74) is 2.03. The van der Waals surface area contributed by atoms with Gasteiger partial charge in [0.1, 0.15) is 5.69 Å². The molecule has 18 heavy (non-hydrogen) atoms. The van der Waals surface area contributed by atoms with Crippen LogP contribution in [-0.2, 0) is 0 Å². The maximum atomic E-state index is 13.8. The molecule has 0 saturated heterocycles. The molecule has 2 aromatic rings. The predicted octanol–water partition coefficient (Wildman–Crippen LogP) is 2.73. The summed E-state index contributed by atoms with van der Waals surface area (Å²) in [6, 6.07) is 3.77. The van der Waals surface area contributed by atoms with Crippen molar-refractivity contribution in [1.29, 1.82) is 0 Å². The van der Waals surface area contributed by atoms with E-state index in [4.69, 9.17) is 0 Å². The molecule has 0 spiro atoms. The van der Waals surface area contributed by atoms with Gasteiger partial charge in [-0.2, -0.15) is 0 Å². The number of nitrogens with one attached hydrogen (secondary N) is 1. The monoisotopic (exact) mass is 246 g/mol. The Labute approximate surface area is 105 Å². The van der Waals surface area contributed by atoms with Crippen LogP contribution < -0.4 is 5.32 Å². The minimum Gasteiger partial charge on any atom is -0.368 e. The third-order valence-corrected chi connectivity index (χ3v) is 2.51. The number of aryl methyl sites for hydroxylation is 2. The highest BCUT2D eigenvalue weighted by Crippen LogP contribution is 2.20. The van der Waals surface area contributed by atoms with E-state index in [1.165, 1.54) is 0 Å². The largest absolute Gasteiger partial charge is 0.368 e. The van der Waals surface area contributed by atoms with Crippen molar-refractivity contribution in [3.63, 3.8) is 0 Å². The van der Waals surface area contributed by atoms with Gasteiger partial charge in [0, 0.05) is 12.7 Å². The van der Waals surface area contributed by atoms with E-state index in [9.17, 15) is 4.39 Å². The molecule has 0 aliphatic carbocycles. The molecule has 0 atom stereocenters. The van der Waals surface area contributed by atoms with Gasteiger partial charge in [-0.05, 0) is 38.5 Å². The first-order valence-corrected chi connectivity index (χ1v) is 5.83. The summed E-state index contributed by atoms with van der Waals surface area (Å²) < 4.78 is 13.8. The first-order chi connectivity index (χ1) is 8.61. The quantitative estimate of drug-likeness (QED) is 0.904. The molecule has 2 aromatic heterocycles. The minimum atomic E-state index is -0.409. The second-order valence-electron chi connectivity index (χ2n) is 4.04. The van der Waals surface area contributed by atoms with Gasteiger partial charge in [-0.15, -0.1) is 0 Å². The van der Waals surface area contributed by atoms with Crippen LogP contribution >= 0.6 is 0 Å². The molecule has 1 N–H and O–H groups in total. The van der Waals surface area contributed by atoms with Crippen LogP contribution in [0.5, 0.6) is 0 Å². The van der Waals surface area contributed by atoms with Gasteiger partial charge in [-0.1, -0.05) is 0 Å². The molecule has 5 heteroatoms. The summed E-state index contributed by atoms with van der Waals surface area (Å²) in [6.45, 7) is 6.08. The van der Waals surface area contributed by atoms with Crippen molar-refractivity contribution in [2.45, 2.75) is 20.8 Å². The molecular formula is C13H15FN4. The Bertz CT molecular complexity index is 569. The zero-order valence-electron chi connectivity index (χ0n) is 10.7. The van der Waals surface area contributed by atoms with Gasteiger partial charge in [0.15, 0.2) is 17.5 Å². The van der Waals surface area contributed by atoms with Crippen molar-refractivity contribution in [2.75, 3.05) is 11.9 Å². The summed E-state index contributed by atoms with van der Waals surface area (Å²) in [6.07, 6.45) is 1.69. The Morgan fingerprint density at radius 2 is 2.06 bits per heavy atom. The molecule has 0 unspecified atom stereocenters. The number of aromatic nitrogens is 3. The zero-order valence-corrected chi connectivity index (χ0v) is 10.7. The fraction of sp³-hybridized carbons (Fsp3) is 0.308. The molecule has 2 rings (SSSR count). The van der Waals surface area contributed by atoms with Crippen LogP contribution in [0.3, 0.4) is 0 Å². The van der Waals surface area contributed by atoms with Gasteiger partial charge in [-0.25, -0.2) is 14.4 Å². The number of nitrogens with zero attached hydrogens (tertiary/aromatic N) is 3. The SMILES string of the molecule is CCNc1nc(-c2cc(C)ccn2)nc(C)c1F. The minimum absolute atomic E-state index is 0.225. The molecule has 0 bridgehead atoms. The average molecular weight is 246 g/mol. The number of anilines is 1. The highest BCUT2D eigenvalue weighted by Gasteiger charge is 2.12. The standard InChI is InChI=1S/C13H15FN4/c1-4-15-13-11(14)9(3)17-12(18-13)10-7-8(2)5-6-16-10/h5-7H,4H2,1-3H3,(H,15,17,18). The van der Waals surface area contributed by atoms with Gasteiger partial charge in [0.25, 0.3) is 0 Å². The lowest BCUT2D eigenvalue weighted by atomic mass is 10.2. The van der Waals surface area contributed by atoms with Crippen LogP contribution in [-0.4, -0.2) is 21.5 Å². The number of rotatable bonds is 3. The van der Waals surface area contributed by atoms with Crippen molar-refractivity contribution in [3.05, 3.63) is 35.4 Å². The van der Waals surface area contributed by atoms with Gasteiger partial charge >= 0.3 is 0 Å². The van der Waals surface area contributed by atoms with E-state index in [1.807, 2.05) is 26.0 Å². The lowest BCUT2D eigenvalue weighted by Gasteiger charge is -2.08. The zero-order chi connectivity index (χ0) is 13.1. The molecule has 0 fully saturated rings. The molecule has 2 heterocycles. The van der Waals surface area contributed by atoms with E-state index in [2.05, 4.69) is 20.3 Å². The first kappa shape index (κ1) is 12.4. The average Bonchev–Trinajstić information content (AvgIpc) is 2.35. The molecule has 94 valence electrons. The van der Waals surface area contributed by atoms with E-state index in [1.54, 1.807) is 13.1 Å². The number of pyridine rings is 1. The molecule has 0 radical (unpaired) electrons. The number of halogens is 1. The van der Waals surface area contributed by atoms with E-state index >= 15 is 0 Å². The Hall–Kier alpha value is -2.04. The van der Waals surface area contributed by atoms with E-state index in [0.29, 0.717) is 23.8 Å². The second kappa shape index (κ2) is 5.08. The highest BCUT2D eigenvalue weighted by atomic mass is 19.1. The van der Waals surface area contributed by atoms with Crippen LogP contribution in [0.15, 0.2) is 18.3 Å². The second-order valence-corrected chi connectivity index (χ2v) is 4.04. The lowest BCUT2D eigenvalue weighted by Crippen LogP contribution is -2.07. The predicted molar refractivity (Wildman–Crippen MR) is 68.9 cm³/mol. The Morgan fingerprint density at radius 1 is 1.28 bits per heavy atom. The van der Waals surface area contributed by atoms with Crippen molar-refractivity contribution < 1.29 is 4.39 Å². The number of hydrogen-bond donors (Lipinski definition) is 1. The molecular weight excluding hydrogens is 231 g/mol. The molecule has 0 amide bonds. The van der Waals surface area contributed by atoms with E-state index in [-0.39, 0.29) is 5.82 Å². The van der Waals surface area contributed by atoms with Crippen LogP contribution in [0.2, 0.25) is 0 Å². The smallest absolute Gasteiger partial charge is 0.186 e. The Kier molecular flexibility index (Phi) is 3.50. The van der Waals surface area contributed by atoms with Gasteiger partial charge < -0.3 is 5.32 Å². The van der Waals surface area contributed by atoms with Crippen molar-refractivity contribution in [3.8, 4) is 11.5 Å². The normalized spacial score (nSPS) is 10.4. The summed E-state index contributed by atoms with van der Waals surface area (Å²) in [5, 5.41) is 2.89. The fourth-order valence-electron chi connectivity index (χ4n) is 1.62. The van der Waals surface area contributed by atoms with Crippen LogP contribution in [0.1, 0.15) is 18.2 Å². The Morgan fingerprint density at radius 3 is 2.72 bits per heavy atom. The maximum absolute atomic E-state index is 13.8. The molecule has 0 aliphatic heterocycles. The summed E-state index contributed by atoms with van der Waals surface area (Å²) >= 11 is 0. The van der Waals surface area contributed by atoms with Gasteiger partial charge in [0.2, 0.25) is 0 Å². The van der Waals surface area contributed by atoms with Gasteiger partial charge in [-0.3, -0.25) is 4.98 Å². The third-order valence-electron chi connectivity index (χ3n) is 2.51.